The second kappa shape index (κ2) is 3.56. The van der Waals surface area contributed by atoms with Crippen molar-refractivity contribution in [1.82, 2.24) is 0 Å². The lowest BCUT2D eigenvalue weighted by atomic mass is 9.79. The van der Waals surface area contributed by atoms with Crippen LogP contribution in [0.1, 0.15) is 40.7 Å². The molecule has 1 fully saturated rings. The summed E-state index contributed by atoms with van der Waals surface area (Å²) >= 11 is 0. The summed E-state index contributed by atoms with van der Waals surface area (Å²) in [6, 6.07) is 6.00. The van der Waals surface area contributed by atoms with Crippen LogP contribution in [-0.2, 0) is 0 Å². The molecule has 1 aliphatic rings. The molecule has 1 aromatic rings. The number of ketones is 1. The van der Waals surface area contributed by atoms with Crippen LogP contribution in [0.5, 0.6) is 0 Å². The predicted octanol–water partition coefficient (Wildman–Crippen LogP) is 3.29. The van der Waals surface area contributed by atoms with E-state index in [1.807, 2.05) is 19.1 Å². The minimum absolute atomic E-state index is 0.315. The van der Waals surface area contributed by atoms with Crippen molar-refractivity contribution in [3.63, 3.8) is 0 Å². The van der Waals surface area contributed by atoms with E-state index < -0.39 is 0 Å². The molecule has 0 spiro atoms. The molecule has 1 saturated carbocycles. The summed E-state index contributed by atoms with van der Waals surface area (Å²) in [7, 11) is 0. The molecular formula is C13H16O. The van der Waals surface area contributed by atoms with Gasteiger partial charge in [0.1, 0.15) is 0 Å². The Morgan fingerprint density at radius 2 is 2.00 bits per heavy atom. The molecule has 0 aromatic heterocycles. The first-order valence-electron chi connectivity index (χ1n) is 5.30. The summed E-state index contributed by atoms with van der Waals surface area (Å²) in [4.78, 5) is 12.0. The van der Waals surface area contributed by atoms with Crippen LogP contribution in [0.3, 0.4) is 0 Å². The fourth-order valence-corrected chi connectivity index (χ4v) is 1.91. The Balaban J connectivity index is 2.31. The predicted molar refractivity (Wildman–Crippen MR) is 57.6 cm³/mol. The van der Waals surface area contributed by atoms with Gasteiger partial charge in [-0.05, 0) is 37.8 Å². The first-order chi connectivity index (χ1) is 6.70. The molecule has 1 nitrogen and oxygen atoms in total. The second-order valence-electron chi connectivity index (χ2n) is 4.24. The molecule has 2 rings (SSSR count). The van der Waals surface area contributed by atoms with Crippen LogP contribution in [-0.4, -0.2) is 5.78 Å². The normalized spacial score (nSPS) is 16.4. The lowest BCUT2D eigenvalue weighted by Gasteiger charge is -2.24. The van der Waals surface area contributed by atoms with E-state index in [9.17, 15) is 4.79 Å². The summed E-state index contributed by atoms with van der Waals surface area (Å²) in [5, 5.41) is 0. The zero-order chi connectivity index (χ0) is 10.1. The topological polar surface area (TPSA) is 17.1 Å². The first kappa shape index (κ1) is 9.45. The molecular weight excluding hydrogens is 172 g/mol. The summed E-state index contributed by atoms with van der Waals surface area (Å²) in [5.41, 5.74) is 3.31. The van der Waals surface area contributed by atoms with Gasteiger partial charge >= 0.3 is 0 Å². The SMILES string of the molecule is Cc1cccc(C(=O)C2CCC2)c1C. The number of hydrogen-bond acceptors (Lipinski definition) is 1. The number of rotatable bonds is 2. The van der Waals surface area contributed by atoms with Gasteiger partial charge in [0, 0.05) is 11.5 Å². The van der Waals surface area contributed by atoms with Crippen molar-refractivity contribution in [3.8, 4) is 0 Å². The average Bonchev–Trinajstić information content (AvgIpc) is 2.06. The molecule has 0 unspecified atom stereocenters. The Hall–Kier alpha value is -1.11. The molecule has 0 amide bonds. The standard InChI is InChI=1S/C13H16O/c1-9-5-3-8-12(10(9)2)13(14)11-6-4-7-11/h3,5,8,11H,4,6-7H2,1-2H3. The molecule has 1 aromatic carbocycles. The maximum Gasteiger partial charge on any atom is 0.166 e. The molecule has 0 aliphatic heterocycles. The van der Waals surface area contributed by atoms with Gasteiger partial charge in [-0.1, -0.05) is 24.6 Å². The Morgan fingerprint density at radius 3 is 2.57 bits per heavy atom. The lowest BCUT2D eigenvalue weighted by molar-refractivity contribution is 0.0854. The van der Waals surface area contributed by atoms with Gasteiger partial charge in [-0.3, -0.25) is 4.79 Å². The van der Waals surface area contributed by atoms with E-state index in [-0.39, 0.29) is 0 Å². The number of aryl methyl sites for hydroxylation is 1. The smallest absolute Gasteiger partial charge is 0.166 e. The second-order valence-corrected chi connectivity index (χ2v) is 4.24. The molecule has 14 heavy (non-hydrogen) atoms. The van der Waals surface area contributed by atoms with Gasteiger partial charge in [0.25, 0.3) is 0 Å². The third kappa shape index (κ3) is 1.47. The Labute approximate surface area is 85.1 Å². The summed E-state index contributed by atoms with van der Waals surface area (Å²) < 4.78 is 0. The van der Waals surface area contributed by atoms with Crippen molar-refractivity contribution >= 4 is 5.78 Å². The number of Topliss-reactive ketones (excluding diaryl/α,β-unsaturated/α-hetero) is 1. The number of hydrogen-bond donors (Lipinski definition) is 0. The van der Waals surface area contributed by atoms with Gasteiger partial charge in [-0.2, -0.15) is 0 Å². The minimum atomic E-state index is 0.315. The van der Waals surface area contributed by atoms with E-state index in [0.717, 1.165) is 24.0 Å². The Kier molecular flexibility index (Phi) is 2.40. The minimum Gasteiger partial charge on any atom is -0.294 e. The van der Waals surface area contributed by atoms with Gasteiger partial charge in [0.2, 0.25) is 0 Å². The highest BCUT2D eigenvalue weighted by Crippen LogP contribution is 2.31. The molecule has 0 radical (unpaired) electrons. The van der Waals surface area contributed by atoms with Gasteiger partial charge in [-0.15, -0.1) is 0 Å². The highest BCUT2D eigenvalue weighted by molar-refractivity contribution is 5.99. The van der Waals surface area contributed by atoms with E-state index in [1.165, 1.54) is 12.0 Å². The number of benzene rings is 1. The average molecular weight is 188 g/mol. The summed E-state index contributed by atoms with van der Waals surface area (Å²) in [5.74, 6) is 0.674. The zero-order valence-electron chi connectivity index (χ0n) is 8.84. The van der Waals surface area contributed by atoms with Gasteiger partial charge in [0.15, 0.2) is 5.78 Å². The third-order valence-corrected chi connectivity index (χ3v) is 3.35. The van der Waals surface area contributed by atoms with Crippen LogP contribution in [0.4, 0.5) is 0 Å². The van der Waals surface area contributed by atoms with Crippen LogP contribution in [0.15, 0.2) is 18.2 Å². The van der Waals surface area contributed by atoms with Gasteiger partial charge in [0.05, 0.1) is 0 Å². The molecule has 0 saturated heterocycles. The molecule has 1 aliphatic carbocycles. The van der Waals surface area contributed by atoms with Crippen LogP contribution >= 0.6 is 0 Å². The van der Waals surface area contributed by atoms with E-state index in [1.54, 1.807) is 0 Å². The highest BCUT2D eigenvalue weighted by Gasteiger charge is 2.27. The number of carbonyl (C=O) groups is 1. The van der Waals surface area contributed by atoms with Crippen LogP contribution in [0.25, 0.3) is 0 Å². The van der Waals surface area contributed by atoms with Crippen molar-refractivity contribution in [3.05, 3.63) is 34.9 Å². The quantitative estimate of drug-likeness (QED) is 0.651. The van der Waals surface area contributed by atoms with Crippen molar-refractivity contribution in [2.24, 2.45) is 5.92 Å². The molecule has 1 heteroatoms. The van der Waals surface area contributed by atoms with Crippen molar-refractivity contribution in [2.75, 3.05) is 0 Å². The molecule has 74 valence electrons. The molecule has 0 N–H and O–H groups in total. The third-order valence-electron chi connectivity index (χ3n) is 3.35. The zero-order valence-corrected chi connectivity index (χ0v) is 8.84. The number of carbonyl (C=O) groups excluding carboxylic acids is 1. The lowest BCUT2D eigenvalue weighted by Crippen LogP contribution is -2.22. The maximum absolute atomic E-state index is 12.0. The monoisotopic (exact) mass is 188 g/mol. The van der Waals surface area contributed by atoms with Crippen molar-refractivity contribution in [2.45, 2.75) is 33.1 Å². The van der Waals surface area contributed by atoms with Crippen molar-refractivity contribution in [1.29, 1.82) is 0 Å². The Morgan fingerprint density at radius 1 is 1.29 bits per heavy atom. The van der Waals surface area contributed by atoms with Crippen LogP contribution in [0, 0.1) is 19.8 Å². The van der Waals surface area contributed by atoms with Crippen LogP contribution in [0.2, 0.25) is 0 Å². The van der Waals surface area contributed by atoms with E-state index in [4.69, 9.17) is 0 Å². The molecule has 0 bridgehead atoms. The van der Waals surface area contributed by atoms with Crippen molar-refractivity contribution < 1.29 is 4.79 Å². The first-order valence-corrected chi connectivity index (χ1v) is 5.30. The largest absolute Gasteiger partial charge is 0.294 e. The highest BCUT2D eigenvalue weighted by atomic mass is 16.1. The fraction of sp³-hybridized carbons (Fsp3) is 0.462. The summed E-state index contributed by atoms with van der Waals surface area (Å²) in [6.45, 7) is 4.11. The Bertz CT molecular complexity index is 361. The van der Waals surface area contributed by atoms with Crippen LogP contribution < -0.4 is 0 Å². The summed E-state index contributed by atoms with van der Waals surface area (Å²) in [6.07, 6.45) is 3.40. The van der Waals surface area contributed by atoms with E-state index in [0.29, 0.717) is 11.7 Å². The van der Waals surface area contributed by atoms with E-state index in [2.05, 4.69) is 13.0 Å². The fourth-order valence-electron chi connectivity index (χ4n) is 1.91. The van der Waals surface area contributed by atoms with Gasteiger partial charge < -0.3 is 0 Å². The maximum atomic E-state index is 12.0. The van der Waals surface area contributed by atoms with E-state index >= 15 is 0 Å². The molecule has 0 atom stereocenters. The molecule has 0 heterocycles. The van der Waals surface area contributed by atoms with Gasteiger partial charge in [-0.25, -0.2) is 0 Å².